The largest absolute Gasteiger partial charge is 0.0619 e. The molecule has 3 aliphatic rings. The molecule has 0 fully saturated rings. The van der Waals surface area contributed by atoms with Gasteiger partial charge in [0.2, 0.25) is 0 Å². The van der Waals surface area contributed by atoms with Crippen molar-refractivity contribution in [3.05, 3.63) is 240 Å². The Morgan fingerprint density at radius 3 is 1.63 bits per heavy atom. The summed E-state index contributed by atoms with van der Waals surface area (Å²) in [5.74, 6) is 0.834. The van der Waals surface area contributed by atoms with Crippen LogP contribution in [-0.4, -0.2) is 0 Å². The molecule has 0 aromatic heterocycles. The Labute approximate surface area is 415 Å². The fourth-order valence-corrected chi connectivity index (χ4v) is 13.8. The Morgan fingerprint density at radius 2 is 0.845 bits per heavy atom. The Morgan fingerprint density at radius 1 is 0.324 bits per heavy atom. The SMILES string of the molecule is CC(C)C1(C)c2ccccc2-c2ccc(-c3ccc4c(c3)C(C)C3(C)c5c(-c6ccc7ccc8c9cc(-c%10cccc(-c%11cc%12ccccc%12c%12ccccc%11%12)c%10)ccc9ccc8c7c6)ccc-4c53)cc21. The molecule has 12 aromatic carbocycles. The normalized spacial score (nSPS) is 18.3. The Bertz CT molecular complexity index is 4310. The summed E-state index contributed by atoms with van der Waals surface area (Å²) in [5, 5.41) is 12.9. The van der Waals surface area contributed by atoms with Gasteiger partial charge in [0.05, 0.1) is 0 Å². The van der Waals surface area contributed by atoms with Crippen molar-refractivity contribution >= 4 is 53.9 Å². The second kappa shape index (κ2) is 14.5. The van der Waals surface area contributed by atoms with Gasteiger partial charge < -0.3 is 0 Å². The van der Waals surface area contributed by atoms with Crippen molar-refractivity contribution in [1.82, 2.24) is 0 Å². The van der Waals surface area contributed by atoms with Crippen molar-refractivity contribution < 1.29 is 0 Å². The van der Waals surface area contributed by atoms with Gasteiger partial charge in [0.1, 0.15) is 0 Å². The van der Waals surface area contributed by atoms with E-state index in [0.717, 1.165) is 0 Å². The van der Waals surface area contributed by atoms with Crippen molar-refractivity contribution in [1.29, 1.82) is 0 Å². The summed E-state index contributed by atoms with van der Waals surface area (Å²) in [5.41, 5.74) is 23.2. The highest BCUT2D eigenvalue weighted by molar-refractivity contribution is 6.19. The van der Waals surface area contributed by atoms with E-state index in [-0.39, 0.29) is 10.8 Å². The van der Waals surface area contributed by atoms with Crippen LogP contribution < -0.4 is 0 Å². The number of hydrogen-bond donors (Lipinski definition) is 0. The van der Waals surface area contributed by atoms with E-state index >= 15 is 0 Å². The van der Waals surface area contributed by atoms with E-state index in [9.17, 15) is 0 Å². The van der Waals surface area contributed by atoms with Crippen molar-refractivity contribution in [2.45, 2.75) is 51.4 Å². The number of rotatable bonds is 5. The zero-order valence-corrected chi connectivity index (χ0v) is 40.9. The maximum absolute atomic E-state index is 2.52. The van der Waals surface area contributed by atoms with Gasteiger partial charge in [-0.25, -0.2) is 0 Å². The van der Waals surface area contributed by atoms with Crippen LogP contribution in [0.2, 0.25) is 0 Å². The highest BCUT2D eigenvalue weighted by Crippen LogP contribution is 2.68. The van der Waals surface area contributed by atoms with E-state index in [1.807, 2.05) is 0 Å². The molecule has 0 nitrogen and oxygen atoms in total. The molecule has 0 saturated heterocycles. The third-order valence-corrected chi connectivity index (χ3v) is 18.1. The highest BCUT2D eigenvalue weighted by atomic mass is 14.6. The summed E-state index contributed by atoms with van der Waals surface area (Å²) in [7, 11) is 0. The average molecular weight is 905 g/mol. The monoisotopic (exact) mass is 904 g/mol. The summed E-state index contributed by atoms with van der Waals surface area (Å²) >= 11 is 0. The standard InChI is InChI=1S/C71H52/c1-41(2)70(4)66-20-11-10-19-59(66)60-32-28-48(40-67(60)70)47-27-31-58-61-34-33-53(68-69(61)71(68,5)42(3)62(58)36-47)51-24-22-44-26-29-56-57(64(44)39-51)30-25-43-21-23-46(37-63(43)56)45-14-12-15-49(35-45)65-38-50-13-6-7-16-52(50)54-17-8-9-18-55(54)65/h6-42H,1-5H3. The fraction of sp³-hybridized carbons (Fsp3) is 0.127. The van der Waals surface area contributed by atoms with Crippen LogP contribution in [0.25, 0.3) is 121 Å². The predicted octanol–water partition coefficient (Wildman–Crippen LogP) is 19.5. The smallest absolute Gasteiger partial charge is 0.0259 e. The molecular weight excluding hydrogens is 853 g/mol. The molecule has 3 atom stereocenters. The van der Waals surface area contributed by atoms with E-state index < -0.39 is 0 Å². The molecular formula is C71H52. The van der Waals surface area contributed by atoms with Crippen LogP contribution in [0.3, 0.4) is 0 Å². The molecule has 336 valence electrons. The zero-order chi connectivity index (χ0) is 47.5. The summed E-state index contributed by atoms with van der Waals surface area (Å²) in [4.78, 5) is 0. The molecule has 15 rings (SSSR count). The molecule has 12 aromatic rings. The van der Waals surface area contributed by atoms with Gasteiger partial charge in [-0.3, -0.25) is 0 Å². The van der Waals surface area contributed by atoms with Crippen LogP contribution in [0, 0.1) is 5.92 Å². The van der Waals surface area contributed by atoms with Gasteiger partial charge >= 0.3 is 0 Å². The Kier molecular flexibility index (Phi) is 8.33. The van der Waals surface area contributed by atoms with Crippen LogP contribution in [-0.2, 0) is 10.8 Å². The van der Waals surface area contributed by atoms with Crippen LogP contribution in [0.1, 0.15) is 68.4 Å². The van der Waals surface area contributed by atoms with Crippen LogP contribution >= 0.6 is 0 Å². The lowest BCUT2D eigenvalue weighted by atomic mass is 9.71. The summed E-state index contributed by atoms with van der Waals surface area (Å²) in [6.45, 7) is 12.2. The highest BCUT2D eigenvalue weighted by Gasteiger charge is 2.57. The maximum atomic E-state index is 2.52. The van der Waals surface area contributed by atoms with Crippen LogP contribution in [0.15, 0.2) is 212 Å². The van der Waals surface area contributed by atoms with Gasteiger partial charge in [0, 0.05) is 10.8 Å². The van der Waals surface area contributed by atoms with Crippen LogP contribution in [0.5, 0.6) is 0 Å². The Hall–Kier alpha value is -8.06. The van der Waals surface area contributed by atoms with Crippen LogP contribution in [0.4, 0.5) is 0 Å². The van der Waals surface area contributed by atoms with Crippen molar-refractivity contribution in [3.8, 4) is 66.8 Å². The van der Waals surface area contributed by atoms with Crippen molar-refractivity contribution in [3.63, 3.8) is 0 Å². The van der Waals surface area contributed by atoms with Gasteiger partial charge in [-0.15, -0.1) is 0 Å². The second-order valence-corrected chi connectivity index (χ2v) is 21.7. The second-order valence-electron chi connectivity index (χ2n) is 21.7. The van der Waals surface area contributed by atoms with Gasteiger partial charge in [-0.2, -0.15) is 0 Å². The molecule has 71 heavy (non-hydrogen) atoms. The first kappa shape index (κ1) is 40.8. The molecule has 0 spiro atoms. The minimum atomic E-state index is -0.0225. The van der Waals surface area contributed by atoms with E-state index in [4.69, 9.17) is 0 Å². The molecule has 0 saturated carbocycles. The molecule has 0 bridgehead atoms. The summed E-state index contributed by atoms with van der Waals surface area (Å²) < 4.78 is 0. The van der Waals surface area contributed by atoms with E-state index in [0.29, 0.717) is 11.8 Å². The van der Waals surface area contributed by atoms with E-state index in [1.165, 1.54) is 143 Å². The quantitative estimate of drug-likeness (QED) is 0.151. The minimum Gasteiger partial charge on any atom is -0.0619 e. The fourth-order valence-electron chi connectivity index (χ4n) is 13.8. The average Bonchev–Trinajstić information content (AvgIpc) is 3.98. The molecule has 0 heteroatoms. The molecule has 3 aliphatic carbocycles. The Balaban J connectivity index is 0.784. The first-order valence-corrected chi connectivity index (χ1v) is 25.7. The summed E-state index contributed by atoms with van der Waals surface area (Å²) in [6.07, 6.45) is 0. The van der Waals surface area contributed by atoms with E-state index in [2.05, 4.69) is 247 Å². The molecule has 0 radical (unpaired) electrons. The molecule has 0 N–H and O–H groups in total. The lowest BCUT2D eigenvalue weighted by Gasteiger charge is -2.32. The van der Waals surface area contributed by atoms with E-state index in [1.54, 1.807) is 5.56 Å². The van der Waals surface area contributed by atoms with Crippen molar-refractivity contribution in [2.24, 2.45) is 5.92 Å². The van der Waals surface area contributed by atoms with Gasteiger partial charge in [-0.1, -0.05) is 217 Å². The molecule has 0 heterocycles. The molecule has 3 unspecified atom stereocenters. The maximum Gasteiger partial charge on any atom is 0.0259 e. The number of benzene rings is 12. The zero-order valence-electron chi connectivity index (χ0n) is 40.9. The van der Waals surface area contributed by atoms with Crippen molar-refractivity contribution in [2.75, 3.05) is 0 Å². The third kappa shape index (κ3) is 5.57. The minimum absolute atomic E-state index is 0.00536. The molecule has 0 aliphatic heterocycles. The topological polar surface area (TPSA) is 0 Å². The summed E-state index contributed by atoms with van der Waals surface area (Å²) in [6, 6.07) is 81.0. The van der Waals surface area contributed by atoms with Gasteiger partial charge in [-0.05, 0) is 191 Å². The first-order valence-electron chi connectivity index (χ1n) is 25.7. The first-order chi connectivity index (χ1) is 34.7. The predicted molar refractivity (Wildman–Crippen MR) is 303 cm³/mol. The molecule has 0 amide bonds. The number of hydrogen-bond acceptors (Lipinski definition) is 0. The lowest BCUT2D eigenvalue weighted by molar-refractivity contribution is 0.414. The van der Waals surface area contributed by atoms with Gasteiger partial charge in [0.15, 0.2) is 0 Å². The number of fused-ring (bicyclic) bond motifs is 14. The lowest BCUT2D eigenvalue weighted by Crippen LogP contribution is -2.27. The third-order valence-electron chi connectivity index (χ3n) is 18.1. The van der Waals surface area contributed by atoms with Gasteiger partial charge in [0.25, 0.3) is 0 Å².